The van der Waals surface area contributed by atoms with Crippen molar-refractivity contribution in [2.45, 2.75) is 62.6 Å². The number of likely N-dealkylation sites (tertiary alicyclic amines) is 1. The standard InChI is InChI=1S/C24H33NO6S/c1-5-30-22(26)19-10-7-15(3)11-21(19)32-18-9-8-16-14-25(24(28)29-4)20(13-17(16)12-18)23(27)31-6-2/h7,10-11,16-18,20H,5-6,8-9,12-14H2,1-4H3/t16-,17+,18-,20-/m0/s1. The summed E-state index contributed by atoms with van der Waals surface area (Å²) in [6.45, 7) is 6.72. The number of fused-ring (bicyclic) bond motifs is 1. The predicted molar refractivity (Wildman–Crippen MR) is 122 cm³/mol. The van der Waals surface area contributed by atoms with Crippen LogP contribution >= 0.6 is 11.8 Å². The van der Waals surface area contributed by atoms with Gasteiger partial charge in [0.15, 0.2) is 0 Å². The fourth-order valence-corrected chi connectivity index (χ4v) is 6.27. The summed E-state index contributed by atoms with van der Waals surface area (Å²) >= 11 is 1.72. The van der Waals surface area contributed by atoms with Gasteiger partial charge >= 0.3 is 18.0 Å². The number of rotatable bonds is 6. The van der Waals surface area contributed by atoms with E-state index in [0.717, 1.165) is 29.7 Å². The van der Waals surface area contributed by atoms with Crippen LogP contribution in [0.25, 0.3) is 0 Å². The van der Waals surface area contributed by atoms with E-state index in [1.165, 1.54) is 12.0 Å². The Kier molecular flexibility index (Phi) is 8.45. The Balaban J connectivity index is 1.74. The van der Waals surface area contributed by atoms with Gasteiger partial charge in [0.05, 0.1) is 25.9 Å². The minimum atomic E-state index is -0.610. The van der Waals surface area contributed by atoms with E-state index in [2.05, 4.69) is 0 Å². The maximum Gasteiger partial charge on any atom is 0.410 e. The number of amides is 1. The molecule has 1 amide bonds. The molecule has 0 radical (unpaired) electrons. The number of carbonyl (C=O) groups is 3. The molecule has 1 aromatic carbocycles. The number of ether oxygens (including phenoxy) is 3. The van der Waals surface area contributed by atoms with Crippen LogP contribution in [0.1, 0.15) is 55.5 Å². The largest absolute Gasteiger partial charge is 0.464 e. The molecule has 1 heterocycles. The maximum absolute atomic E-state index is 12.6. The van der Waals surface area contributed by atoms with Crippen molar-refractivity contribution in [3.05, 3.63) is 29.3 Å². The van der Waals surface area contributed by atoms with Gasteiger partial charge in [-0.25, -0.2) is 14.4 Å². The van der Waals surface area contributed by atoms with E-state index in [9.17, 15) is 14.4 Å². The zero-order valence-corrected chi connectivity index (χ0v) is 20.1. The Hall–Kier alpha value is -2.22. The molecule has 0 spiro atoms. The van der Waals surface area contributed by atoms with Gasteiger partial charge in [-0.15, -0.1) is 11.8 Å². The topological polar surface area (TPSA) is 82.1 Å². The molecule has 1 saturated carbocycles. The number of aryl methyl sites for hydroxylation is 1. The predicted octanol–water partition coefficient (Wildman–Crippen LogP) is 4.45. The molecule has 4 atom stereocenters. The van der Waals surface area contributed by atoms with Crippen LogP contribution < -0.4 is 0 Å². The highest BCUT2D eigenvalue weighted by Gasteiger charge is 2.45. The van der Waals surface area contributed by atoms with Crippen molar-refractivity contribution in [2.24, 2.45) is 11.8 Å². The molecule has 3 rings (SSSR count). The van der Waals surface area contributed by atoms with E-state index in [-0.39, 0.29) is 18.5 Å². The lowest BCUT2D eigenvalue weighted by Gasteiger charge is -2.46. The van der Waals surface area contributed by atoms with Gasteiger partial charge in [-0.05, 0) is 76.0 Å². The van der Waals surface area contributed by atoms with Gasteiger partial charge in [0, 0.05) is 16.7 Å². The van der Waals surface area contributed by atoms with Gasteiger partial charge < -0.3 is 14.2 Å². The van der Waals surface area contributed by atoms with Crippen LogP contribution in [0.15, 0.2) is 23.1 Å². The Morgan fingerprint density at radius 2 is 1.81 bits per heavy atom. The quantitative estimate of drug-likeness (QED) is 0.455. The van der Waals surface area contributed by atoms with E-state index in [1.807, 2.05) is 25.1 Å². The van der Waals surface area contributed by atoms with Crippen molar-refractivity contribution in [2.75, 3.05) is 26.9 Å². The SMILES string of the molecule is CCOC(=O)c1ccc(C)cc1S[C@H]1CC[C@H]2CN(C(=O)OC)[C@H](C(=O)OCC)C[C@H]2C1. The first-order valence-electron chi connectivity index (χ1n) is 11.3. The van der Waals surface area contributed by atoms with E-state index < -0.39 is 12.1 Å². The zero-order valence-electron chi connectivity index (χ0n) is 19.3. The van der Waals surface area contributed by atoms with E-state index in [4.69, 9.17) is 14.2 Å². The highest BCUT2D eigenvalue weighted by Crippen LogP contribution is 2.45. The van der Waals surface area contributed by atoms with Crippen LogP contribution in [0.4, 0.5) is 4.79 Å². The van der Waals surface area contributed by atoms with Crippen molar-refractivity contribution in [1.82, 2.24) is 4.90 Å². The first kappa shape index (κ1) is 24.4. The molecular formula is C24H33NO6S. The molecule has 1 aromatic rings. The number of piperidine rings is 1. The van der Waals surface area contributed by atoms with Gasteiger partial charge in [0.2, 0.25) is 0 Å². The van der Waals surface area contributed by atoms with Crippen LogP contribution in [0.2, 0.25) is 0 Å². The Morgan fingerprint density at radius 3 is 2.50 bits per heavy atom. The van der Waals surface area contributed by atoms with Gasteiger partial charge in [-0.3, -0.25) is 4.90 Å². The third-order valence-corrected chi connectivity index (χ3v) is 7.67. The first-order valence-corrected chi connectivity index (χ1v) is 12.2. The summed E-state index contributed by atoms with van der Waals surface area (Å²) in [5, 5.41) is 0.332. The third kappa shape index (κ3) is 5.57. The van der Waals surface area contributed by atoms with Crippen LogP contribution in [0.5, 0.6) is 0 Å². The fourth-order valence-electron chi connectivity index (χ4n) is 4.78. The smallest absolute Gasteiger partial charge is 0.410 e. The summed E-state index contributed by atoms with van der Waals surface area (Å²) in [5.41, 5.74) is 1.71. The van der Waals surface area contributed by atoms with Crippen LogP contribution in [0, 0.1) is 18.8 Å². The highest BCUT2D eigenvalue weighted by molar-refractivity contribution is 8.00. The zero-order chi connectivity index (χ0) is 23.3. The average Bonchev–Trinajstić information content (AvgIpc) is 2.78. The molecule has 2 aliphatic rings. The van der Waals surface area contributed by atoms with E-state index >= 15 is 0 Å². The lowest BCUT2D eigenvalue weighted by Crippen LogP contribution is -2.55. The monoisotopic (exact) mass is 463 g/mol. The molecule has 0 N–H and O–H groups in total. The average molecular weight is 464 g/mol. The molecule has 1 saturated heterocycles. The molecule has 8 heteroatoms. The van der Waals surface area contributed by atoms with Crippen molar-refractivity contribution in [3.63, 3.8) is 0 Å². The summed E-state index contributed by atoms with van der Waals surface area (Å²) in [4.78, 5) is 39.8. The number of thioether (sulfide) groups is 1. The molecule has 0 unspecified atom stereocenters. The van der Waals surface area contributed by atoms with Crippen molar-refractivity contribution < 1.29 is 28.6 Å². The van der Waals surface area contributed by atoms with Gasteiger partial charge in [0.1, 0.15) is 6.04 Å². The summed E-state index contributed by atoms with van der Waals surface area (Å²) in [6.07, 6.45) is 2.98. The summed E-state index contributed by atoms with van der Waals surface area (Å²) < 4.78 is 15.4. The summed E-state index contributed by atoms with van der Waals surface area (Å²) in [6, 6.07) is 5.21. The first-order chi connectivity index (χ1) is 15.4. The normalized spacial score (nSPS) is 24.9. The second-order valence-corrected chi connectivity index (χ2v) is 9.76. The van der Waals surface area contributed by atoms with Crippen molar-refractivity contribution in [3.8, 4) is 0 Å². The molecule has 176 valence electrons. The fraction of sp³-hybridized carbons (Fsp3) is 0.625. The Bertz CT molecular complexity index is 844. The molecule has 0 aromatic heterocycles. The lowest BCUT2D eigenvalue weighted by molar-refractivity contribution is -0.152. The number of hydrogen-bond acceptors (Lipinski definition) is 7. The molecule has 2 fully saturated rings. The van der Waals surface area contributed by atoms with E-state index in [0.29, 0.717) is 42.2 Å². The molecule has 32 heavy (non-hydrogen) atoms. The lowest BCUT2D eigenvalue weighted by atomic mass is 9.73. The van der Waals surface area contributed by atoms with Crippen molar-refractivity contribution >= 4 is 29.8 Å². The Morgan fingerprint density at radius 1 is 1.06 bits per heavy atom. The van der Waals surface area contributed by atoms with Crippen LogP contribution in [-0.4, -0.2) is 61.1 Å². The van der Waals surface area contributed by atoms with Gasteiger partial charge in [-0.2, -0.15) is 0 Å². The van der Waals surface area contributed by atoms with Crippen molar-refractivity contribution in [1.29, 1.82) is 0 Å². The number of hydrogen-bond donors (Lipinski definition) is 0. The number of carbonyl (C=O) groups excluding carboxylic acids is 3. The minimum absolute atomic E-state index is 0.279. The molecule has 7 nitrogen and oxygen atoms in total. The summed E-state index contributed by atoms with van der Waals surface area (Å²) in [7, 11) is 1.34. The molecule has 0 bridgehead atoms. The number of nitrogens with zero attached hydrogens (tertiary/aromatic N) is 1. The Labute approximate surface area is 194 Å². The summed E-state index contributed by atoms with van der Waals surface area (Å²) in [5.74, 6) is -0.0158. The van der Waals surface area contributed by atoms with Gasteiger partial charge in [-0.1, -0.05) is 6.07 Å². The van der Waals surface area contributed by atoms with Crippen LogP contribution in [0.3, 0.4) is 0 Å². The van der Waals surface area contributed by atoms with E-state index in [1.54, 1.807) is 25.6 Å². The van der Waals surface area contributed by atoms with Crippen LogP contribution in [-0.2, 0) is 19.0 Å². The van der Waals surface area contributed by atoms with Gasteiger partial charge in [0.25, 0.3) is 0 Å². The highest BCUT2D eigenvalue weighted by atomic mass is 32.2. The molecule has 1 aliphatic carbocycles. The second-order valence-electron chi connectivity index (χ2n) is 8.42. The molecular weight excluding hydrogens is 430 g/mol. The molecule has 1 aliphatic heterocycles. The number of esters is 2. The second kappa shape index (κ2) is 11.1. The maximum atomic E-state index is 12.6. The number of benzene rings is 1. The third-order valence-electron chi connectivity index (χ3n) is 6.32. The number of methoxy groups -OCH3 is 1. The minimum Gasteiger partial charge on any atom is -0.464 e.